The van der Waals surface area contributed by atoms with E-state index in [0.717, 1.165) is 12.8 Å². The van der Waals surface area contributed by atoms with Gasteiger partial charge < -0.3 is 15.4 Å². The van der Waals surface area contributed by atoms with E-state index < -0.39 is 5.54 Å². The lowest BCUT2D eigenvalue weighted by molar-refractivity contribution is -0.179. The number of carbonyl (C=O) groups is 1. The number of ether oxygens (including phenoxy) is 1. The van der Waals surface area contributed by atoms with Crippen LogP contribution in [0.15, 0.2) is 12.7 Å². The summed E-state index contributed by atoms with van der Waals surface area (Å²) in [6.45, 7) is 11.0. The van der Waals surface area contributed by atoms with Crippen LogP contribution in [0.1, 0.15) is 40.0 Å². The molecular weight excluding hydrogens is 240 g/mol. The van der Waals surface area contributed by atoms with E-state index in [1.807, 2.05) is 25.7 Å². The molecule has 2 rings (SSSR count). The zero-order valence-electron chi connectivity index (χ0n) is 12.3. The molecule has 0 heterocycles. The minimum atomic E-state index is -0.793. The van der Waals surface area contributed by atoms with Gasteiger partial charge in [0.2, 0.25) is 5.91 Å². The van der Waals surface area contributed by atoms with E-state index >= 15 is 0 Å². The normalized spacial score (nSPS) is 32.5. The van der Waals surface area contributed by atoms with Crippen molar-refractivity contribution >= 4 is 5.91 Å². The summed E-state index contributed by atoms with van der Waals surface area (Å²) in [6, 6.07) is 0.368. The average Bonchev–Trinajstić information content (AvgIpc) is 3.18. The molecule has 0 radical (unpaired) electrons. The lowest BCUT2D eigenvalue weighted by Gasteiger charge is -2.58. The van der Waals surface area contributed by atoms with Gasteiger partial charge in [-0.3, -0.25) is 4.79 Å². The molecule has 2 aliphatic rings. The molecule has 0 aromatic carbocycles. The third kappa shape index (κ3) is 2.21. The molecule has 4 nitrogen and oxygen atoms in total. The first-order valence-corrected chi connectivity index (χ1v) is 7.21. The Morgan fingerprint density at radius 3 is 2.58 bits per heavy atom. The highest BCUT2D eigenvalue weighted by molar-refractivity contribution is 5.89. The van der Waals surface area contributed by atoms with Crippen LogP contribution in [0.25, 0.3) is 0 Å². The monoisotopic (exact) mass is 266 g/mol. The van der Waals surface area contributed by atoms with E-state index in [-0.39, 0.29) is 17.4 Å². The zero-order chi connectivity index (χ0) is 14.3. The van der Waals surface area contributed by atoms with E-state index in [4.69, 9.17) is 10.5 Å². The van der Waals surface area contributed by atoms with Gasteiger partial charge in [0.25, 0.3) is 0 Å². The SMILES string of the molecule is C=CCN(C(=O)C1(N)CC(OCC)C1(C)C)C1CC1. The number of rotatable bonds is 6. The lowest BCUT2D eigenvalue weighted by atomic mass is 9.54. The third-order valence-electron chi connectivity index (χ3n) is 4.79. The molecule has 108 valence electrons. The fourth-order valence-corrected chi connectivity index (χ4v) is 2.98. The van der Waals surface area contributed by atoms with Crippen LogP contribution in [0.2, 0.25) is 0 Å². The number of amides is 1. The fraction of sp³-hybridized carbons (Fsp3) is 0.800. The smallest absolute Gasteiger partial charge is 0.243 e. The van der Waals surface area contributed by atoms with Crippen molar-refractivity contribution in [3.63, 3.8) is 0 Å². The lowest BCUT2D eigenvalue weighted by Crippen LogP contribution is -2.76. The van der Waals surface area contributed by atoms with Crippen LogP contribution in [0.4, 0.5) is 0 Å². The van der Waals surface area contributed by atoms with Crippen molar-refractivity contribution in [2.45, 2.75) is 57.7 Å². The van der Waals surface area contributed by atoms with E-state index in [0.29, 0.717) is 25.6 Å². The van der Waals surface area contributed by atoms with Gasteiger partial charge in [0.1, 0.15) is 5.54 Å². The van der Waals surface area contributed by atoms with Gasteiger partial charge in [-0.15, -0.1) is 6.58 Å². The Balaban J connectivity index is 2.11. The minimum Gasteiger partial charge on any atom is -0.378 e. The average molecular weight is 266 g/mol. The quantitative estimate of drug-likeness (QED) is 0.744. The fourth-order valence-electron chi connectivity index (χ4n) is 2.98. The van der Waals surface area contributed by atoms with Crippen LogP contribution in [0.5, 0.6) is 0 Å². The van der Waals surface area contributed by atoms with Gasteiger partial charge in [-0.1, -0.05) is 19.9 Å². The Hall–Kier alpha value is -0.870. The maximum absolute atomic E-state index is 12.8. The van der Waals surface area contributed by atoms with Crippen molar-refractivity contribution in [3.8, 4) is 0 Å². The van der Waals surface area contributed by atoms with Crippen LogP contribution >= 0.6 is 0 Å². The first-order chi connectivity index (χ1) is 8.88. The molecule has 0 aromatic rings. The second kappa shape index (κ2) is 4.91. The molecule has 0 aliphatic heterocycles. The summed E-state index contributed by atoms with van der Waals surface area (Å²) in [5.74, 6) is 0.0656. The standard InChI is InChI=1S/C15H26N2O2/c1-5-9-17(11-7-8-11)13(18)15(16)10-12(19-6-2)14(15,3)4/h5,11-12H,1,6-10,16H2,2-4H3. The van der Waals surface area contributed by atoms with Crippen LogP contribution in [0, 0.1) is 5.41 Å². The van der Waals surface area contributed by atoms with Crippen molar-refractivity contribution in [1.82, 2.24) is 4.90 Å². The summed E-state index contributed by atoms with van der Waals surface area (Å²) in [7, 11) is 0. The van der Waals surface area contributed by atoms with Crippen LogP contribution < -0.4 is 5.73 Å². The van der Waals surface area contributed by atoms with Crippen LogP contribution in [-0.4, -0.2) is 41.6 Å². The number of nitrogens with two attached hydrogens (primary N) is 1. The first-order valence-electron chi connectivity index (χ1n) is 7.21. The van der Waals surface area contributed by atoms with E-state index in [1.54, 1.807) is 6.08 Å². The summed E-state index contributed by atoms with van der Waals surface area (Å²) in [6.07, 6.45) is 4.66. The van der Waals surface area contributed by atoms with Gasteiger partial charge >= 0.3 is 0 Å². The molecule has 2 N–H and O–H groups in total. The van der Waals surface area contributed by atoms with Gasteiger partial charge in [0.05, 0.1) is 6.10 Å². The highest BCUT2D eigenvalue weighted by atomic mass is 16.5. The molecule has 1 amide bonds. The van der Waals surface area contributed by atoms with Crippen molar-refractivity contribution in [1.29, 1.82) is 0 Å². The molecule has 2 atom stereocenters. The number of hydrogen-bond acceptors (Lipinski definition) is 3. The maximum atomic E-state index is 12.8. The zero-order valence-corrected chi connectivity index (χ0v) is 12.3. The van der Waals surface area contributed by atoms with Crippen molar-refractivity contribution < 1.29 is 9.53 Å². The summed E-state index contributed by atoms with van der Waals surface area (Å²) in [5, 5.41) is 0. The maximum Gasteiger partial charge on any atom is 0.243 e. The summed E-state index contributed by atoms with van der Waals surface area (Å²) in [5.41, 5.74) is 5.33. The second-order valence-corrected chi connectivity index (χ2v) is 6.32. The Bertz CT molecular complexity index is 376. The van der Waals surface area contributed by atoms with Gasteiger partial charge in [-0.05, 0) is 19.8 Å². The number of carbonyl (C=O) groups excluding carboxylic acids is 1. The molecule has 0 spiro atoms. The Kier molecular flexibility index (Phi) is 3.76. The Morgan fingerprint density at radius 1 is 1.53 bits per heavy atom. The van der Waals surface area contributed by atoms with Gasteiger partial charge in [0, 0.05) is 31.0 Å². The van der Waals surface area contributed by atoms with Crippen molar-refractivity contribution in [2.24, 2.45) is 11.1 Å². The molecule has 0 saturated heterocycles. The number of hydrogen-bond donors (Lipinski definition) is 1. The predicted octanol–water partition coefficient (Wildman–Crippen LogP) is 1.70. The second-order valence-electron chi connectivity index (χ2n) is 6.32. The molecule has 0 bridgehead atoms. The van der Waals surface area contributed by atoms with Gasteiger partial charge in [0.15, 0.2) is 0 Å². The van der Waals surface area contributed by atoms with Crippen LogP contribution in [-0.2, 0) is 9.53 Å². The highest BCUT2D eigenvalue weighted by Crippen LogP contribution is 2.51. The molecule has 4 heteroatoms. The molecule has 2 unspecified atom stereocenters. The van der Waals surface area contributed by atoms with Gasteiger partial charge in [-0.2, -0.15) is 0 Å². The summed E-state index contributed by atoms with van der Waals surface area (Å²) >= 11 is 0. The third-order valence-corrected chi connectivity index (χ3v) is 4.79. The Morgan fingerprint density at radius 2 is 2.16 bits per heavy atom. The summed E-state index contributed by atoms with van der Waals surface area (Å²) < 4.78 is 5.68. The van der Waals surface area contributed by atoms with Crippen molar-refractivity contribution in [3.05, 3.63) is 12.7 Å². The topological polar surface area (TPSA) is 55.6 Å². The molecule has 2 saturated carbocycles. The van der Waals surface area contributed by atoms with E-state index in [1.165, 1.54) is 0 Å². The van der Waals surface area contributed by atoms with Crippen LogP contribution in [0.3, 0.4) is 0 Å². The predicted molar refractivity (Wildman–Crippen MR) is 75.7 cm³/mol. The summed E-state index contributed by atoms with van der Waals surface area (Å²) in [4.78, 5) is 14.7. The Labute approximate surface area is 116 Å². The van der Waals surface area contributed by atoms with Gasteiger partial charge in [-0.25, -0.2) is 0 Å². The number of nitrogens with zero attached hydrogens (tertiary/aromatic N) is 1. The first kappa shape index (κ1) is 14.5. The molecule has 19 heavy (non-hydrogen) atoms. The largest absolute Gasteiger partial charge is 0.378 e. The highest BCUT2D eigenvalue weighted by Gasteiger charge is 2.64. The van der Waals surface area contributed by atoms with E-state index in [9.17, 15) is 4.79 Å². The van der Waals surface area contributed by atoms with E-state index in [2.05, 4.69) is 6.58 Å². The molecule has 0 aromatic heterocycles. The molecular formula is C15H26N2O2. The molecule has 2 aliphatic carbocycles. The minimum absolute atomic E-state index is 0.0656. The molecule has 2 fully saturated rings. The van der Waals surface area contributed by atoms with Crippen molar-refractivity contribution in [2.75, 3.05) is 13.2 Å².